The number of piperidine rings is 1. The van der Waals surface area contributed by atoms with Crippen molar-refractivity contribution in [3.05, 3.63) is 24.4 Å². The van der Waals surface area contributed by atoms with Crippen molar-refractivity contribution in [3.8, 4) is 0 Å². The number of allylic oxidation sites excluding steroid dienone is 2. The quantitative estimate of drug-likeness (QED) is 0.704. The first-order valence-corrected chi connectivity index (χ1v) is 10.1. The molecule has 0 aromatic rings. The maximum atomic E-state index is 12.2. The molecule has 4 rings (SSSR count). The molecule has 0 aromatic heterocycles. The molecule has 0 aromatic carbocycles. The van der Waals surface area contributed by atoms with E-state index in [2.05, 4.69) is 26.5 Å². The first kappa shape index (κ1) is 17.3. The van der Waals surface area contributed by atoms with Gasteiger partial charge in [0.05, 0.1) is 12.7 Å². The third-order valence-electron chi connectivity index (χ3n) is 8.35. The zero-order valence-electron chi connectivity index (χ0n) is 16.1. The third-order valence-corrected chi connectivity index (χ3v) is 8.35. The molecule has 0 radical (unpaired) electrons. The Morgan fingerprint density at radius 3 is 2.84 bits per heavy atom. The number of nitrogens with zero attached hydrogens (tertiary/aromatic N) is 1. The van der Waals surface area contributed by atoms with Crippen LogP contribution in [0.25, 0.3) is 0 Å². The molecule has 3 fully saturated rings. The summed E-state index contributed by atoms with van der Waals surface area (Å²) in [5, 5.41) is 0. The highest BCUT2D eigenvalue weighted by atomic mass is 16.5. The molecule has 0 spiro atoms. The summed E-state index contributed by atoms with van der Waals surface area (Å²) in [6.07, 6.45) is 12.6. The van der Waals surface area contributed by atoms with Gasteiger partial charge in [-0.25, -0.2) is 0 Å². The van der Waals surface area contributed by atoms with Gasteiger partial charge in [-0.15, -0.1) is 6.58 Å². The molecule has 0 bridgehead atoms. The largest absolute Gasteiger partial charge is 0.374 e. The summed E-state index contributed by atoms with van der Waals surface area (Å²) in [5.74, 6) is 2.53. The topological polar surface area (TPSA) is 29.5 Å². The molecule has 1 amide bonds. The fourth-order valence-electron chi connectivity index (χ4n) is 6.99. The molecule has 1 unspecified atom stereocenters. The molecule has 3 nitrogen and oxygen atoms in total. The number of carbonyl (C=O) groups is 1. The number of likely N-dealkylation sites (tertiary alicyclic amines) is 1. The molecule has 3 heteroatoms. The van der Waals surface area contributed by atoms with E-state index in [0.717, 1.165) is 30.6 Å². The van der Waals surface area contributed by atoms with Crippen LogP contribution in [0, 0.1) is 28.6 Å². The van der Waals surface area contributed by atoms with Gasteiger partial charge in [-0.05, 0) is 61.7 Å². The van der Waals surface area contributed by atoms with E-state index in [1.165, 1.54) is 31.4 Å². The molecule has 3 aliphatic carbocycles. The lowest BCUT2D eigenvalue weighted by Crippen LogP contribution is -2.54. The minimum absolute atomic E-state index is 0.187. The molecule has 1 heterocycles. The van der Waals surface area contributed by atoms with Crippen LogP contribution in [0.1, 0.15) is 58.8 Å². The summed E-state index contributed by atoms with van der Waals surface area (Å²) < 4.78 is 6.18. The third kappa shape index (κ3) is 2.38. The van der Waals surface area contributed by atoms with Crippen LogP contribution in [0.15, 0.2) is 24.4 Å². The Bertz CT molecular complexity index is 611. The molecule has 2 saturated carbocycles. The minimum atomic E-state index is 0.187. The lowest BCUT2D eigenvalue weighted by Gasteiger charge is -2.58. The van der Waals surface area contributed by atoms with Crippen molar-refractivity contribution in [2.24, 2.45) is 28.6 Å². The van der Waals surface area contributed by atoms with E-state index < -0.39 is 0 Å². The molecular formula is C22H33NO2. The normalized spacial score (nSPS) is 46.1. The predicted molar refractivity (Wildman–Crippen MR) is 99.8 cm³/mol. The van der Waals surface area contributed by atoms with Crippen molar-refractivity contribution in [2.45, 2.75) is 64.9 Å². The van der Waals surface area contributed by atoms with E-state index in [0.29, 0.717) is 30.5 Å². The zero-order chi connectivity index (χ0) is 17.8. The van der Waals surface area contributed by atoms with E-state index in [1.807, 2.05) is 18.0 Å². The van der Waals surface area contributed by atoms with Gasteiger partial charge in [-0.1, -0.05) is 26.0 Å². The van der Waals surface area contributed by atoms with Gasteiger partial charge in [-0.3, -0.25) is 4.79 Å². The summed E-state index contributed by atoms with van der Waals surface area (Å²) in [6.45, 7) is 9.40. The Kier molecular flexibility index (Phi) is 4.14. The van der Waals surface area contributed by atoms with Crippen molar-refractivity contribution in [3.63, 3.8) is 0 Å². The Balaban J connectivity index is 1.62. The van der Waals surface area contributed by atoms with Crippen molar-refractivity contribution in [1.29, 1.82) is 0 Å². The second kappa shape index (κ2) is 5.97. The predicted octanol–water partition coefficient (Wildman–Crippen LogP) is 4.55. The summed E-state index contributed by atoms with van der Waals surface area (Å²) >= 11 is 0. The maximum Gasteiger partial charge on any atom is 0.226 e. The lowest BCUT2D eigenvalue weighted by molar-refractivity contribution is -0.136. The molecule has 0 N–H and O–H groups in total. The average Bonchev–Trinajstić information content (AvgIpc) is 2.93. The molecule has 4 aliphatic rings. The van der Waals surface area contributed by atoms with Gasteiger partial charge in [0.25, 0.3) is 0 Å². The molecule has 138 valence electrons. The summed E-state index contributed by atoms with van der Waals surface area (Å²) in [6, 6.07) is 0. The fourth-order valence-corrected chi connectivity index (χ4v) is 6.99. The van der Waals surface area contributed by atoms with Gasteiger partial charge < -0.3 is 9.64 Å². The highest BCUT2D eigenvalue weighted by Crippen LogP contribution is 2.64. The summed E-state index contributed by atoms with van der Waals surface area (Å²) in [4.78, 5) is 14.1. The monoisotopic (exact) mass is 343 g/mol. The molecule has 6 atom stereocenters. The van der Waals surface area contributed by atoms with E-state index >= 15 is 0 Å². The summed E-state index contributed by atoms with van der Waals surface area (Å²) in [5.41, 5.74) is 1.82. The highest BCUT2D eigenvalue weighted by molar-refractivity contribution is 5.79. The molecular weight excluding hydrogens is 310 g/mol. The molecule has 25 heavy (non-hydrogen) atoms. The second-order valence-electron chi connectivity index (χ2n) is 9.30. The smallest absolute Gasteiger partial charge is 0.226 e. The first-order chi connectivity index (χ1) is 11.9. The van der Waals surface area contributed by atoms with Crippen LogP contribution in [-0.4, -0.2) is 30.6 Å². The average molecular weight is 344 g/mol. The number of fused-ring (bicyclic) bond motifs is 5. The standard InChI is InChI=1S/C22H33NO2/c1-5-14-25-19-9-7-16-15-6-8-18-21(2,13-11-20(24)23(18)4)17(15)10-12-22(16,19)3/h5,8,15-17,19H,1,6-7,9-14H2,2-4H3/t15-,16-,17+,19?,21+,22-/m0/s1. The lowest BCUT2D eigenvalue weighted by atomic mass is 9.49. The van der Waals surface area contributed by atoms with Gasteiger partial charge in [-0.2, -0.15) is 0 Å². The number of hydrogen-bond donors (Lipinski definition) is 0. The van der Waals surface area contributed by atoms with Gasteiger partial charge in [0, 0.05) is 24.6 Å². The van der Waals surface area contributed by atoms with Gasteiger partial charge >= 0.3 is 0 Å². The highest BCUT2D eigenvalue weighted by Gasteiger charge is 2.59. The van der Waals surface area contributed by atoms with Gasteiger partial charge in [0.1, 0.15) is 0 Å². The van der Waals surface area contributed by atoms with Crippen LogP contribution in [0.5, 0.6) is 0 Å². The van der Waals surface area contributed by atoms with Crippen molar-refractivity contribution >= 4 is 5.91 Å². The number of rotatable bonds is 3. The Morgan fingerprint density at radius 2 is 2.08 bits per heavy atom. The van der Waals surface area contributed by atoms with E-state index in [-0.39, 0.29) is 5.41 Å². The Labute approximate surface area is 152 Å². The van der Waals surface area contributed by atoms with Crippen LogP contribution in [0.4, 0.5) is 0 Å². The van der Waals surface area contributed by atoms with E-state index in [1.54, 1.807) is 0 Å². The number of amides is 1. The van der Waals surface area contributed by atoms with Crippen LogP contribution in [0.3, 0.4) is 0 Å². The first-order valence-electron chi connectivity index (χ1n) is 10.1. The van der Waals surface area contributed by atoms with Crippen molar-refractivity contribution in [1.82, 2.24) is 4.90 Å². The van der Waals surface area contributed by atoms with Gasteiger partial charge in [0.15, 0.2) is 0 Å². The Morgan fingerprint density at radius 1 is 1.28 bits per heavy atom. The Hall–Kier alpha value is -1.09. The van der Waals surface area contributed by atoms with Gasteiger partial charge in [0.2, 0.25) is 5.91 Å². The molecule has 1 saturated heterocycles. The maximum absolute atomic E-state index is 12.2. The van der Waals surface area contributed by atoms with Crippen LogP contribution in [0.2, 0.25) is 0 Å². The van der Waals surface area contributed by atoms with E-state index in [9.17, 15) is 4.79 Å². The summed E-state index contributed by atoms with van der Waals surface area (Å²) in [7, 11) is 1.98. The van der Waals surface area contributed by atoms with Crippen molar-refractivity contribution < 1.29 is 9.53 Å². The van der Waals surface area contributed by atoms with Crippen LogP contribution >= 0.6 is 0 Å². The van der Waals surface area contributed by atoms with Crippen LogP contribution in [-0.2, 0) is 9.53 Å². The van der Waals surface area contributed by atoms with E-state index in [4.69, 9.17) is 4.74 Å². The van der Waals surface area contributed by atoms with Crippen LogP contribution < -0.4 is 0 Å². The number of hydrogen-bond acceptors (Lipinski definition) is 2. The number of carbonyl (C=O) groups excluding carboxylic acids is 1. The molecule has 1 aliphatic heterocycles. The second-order valence-corrected chi connectivity index (χ2v) is 9.30. The van der Waals surface area contributed by atoms with Crippen molar-refractivity contribution in [2.75, 3.05) is 13.7 Å². The zero-order valence-corrected chi connectivity index (χ0v) is 16.1. The minimum Gasteiger partial charge on any atom is -0.374 e. The SMILES string of the molecule is C=CCOC1CC[C@H]2[C@@H]3CC=C4N(C)C(=O)CC[C@]4(C)[C@@H]3CC[C@]12C. The number of ether oxygens (including phenoxy) is 1. The fraction of sp³-hybridized carbons (Fsp3) is 0.773.